The largest absolute Gasteiger partial charge is 0.480 e. The van der Waals surface area contributed by atoms with Crippen LogP contribution in [0.15, 0.2) is 30.5 Å². The summed E-state index contributed by atoms with van der Waals surface area (Å²) in [4.78, 5) is 24.7. The average Bonchev–Trinajstić information content (AvgIpc) is 3.12. The van der Waals surface area contributed by atoms with Crippen molar-refractivity contribution in [1.82, 2.24) is 20.3 Å². The highest BCUT2D eigenvalue weighted by Gasteiger charge is 2.20. The van der Waals surface area contributed by atoms with Crippen molar-refractivity contribution in [2.24, 2.45) is 0 Å². The molecule has 0 unspecified atom stereocenters. The first kappa shape index (κ1) is 15.0. The van der Waals surface area contributed by atoms with Crippen molar-refractivity contribution in [3.8, 4) is 0 Å². The molecule has 1 aliphatic heterocycles. The van der Waals surface area contributed by atoms with Gasteiger partial charge in [-0.05, 0) is 18.1 Å². The van der Waals surface area contributed by atoms with E-state index in [2.05, 4.69) is 21.7 Å². The summed E-state index contributed by atoms with van der Waals surface area (Å²) in [7, 11) is 0. The molecule has 0 bridgehead atoms. The smallest absolute Gasteiger partial charge is 0.325 e. The van der Waals surface area contributed by atoms with Crippen molar-refractivity contribution in [3.05, 3.63) is 41.7 Å². The van der Waals surface area contributed by atoms with E-state index < -0.39 is 5.97 Å². The Morgan fingerprint density at radius 1 is 1.26 bits per heavy atom. The molecule has 8 nitrogen and oxygen atoms in total. The zero-order chi connectivity index (χ0) is 16.2. The van der Waals surface area contributed by atoms with Gasteiger partial charge in [-0.15, -0.1) is 5.10 Å². The number of anilines is 1. The average molecular weight is 315 g/mol. The summed E-state index contributed by atoms with van der Waals surface area (Å²) in [5.74, 6) is -1.09. The number of rotatable bonds is 6. The Bertz CT molecular complexity index is 727. The normalized spacial score (nSPS) is 13.0. The monoisotopic (exact) mass is 315 g/mol. The van der Waals surface area contributed by atoms with Gasteiger partial charge < -0.3 is 15.3 Å². The fraction of sp³-hybridized carbons (Fsp3) is 0.333. The first-order chi connectivity index (χ1) is 11.1. The summed E-state index contributed by atoms with van der Waals surface area (Å²) in [6.45, 7) is 1.11. The fourth-order valence-electron chi connectivity index (χ4n) is 2.62. The SMILES string of the molecule is O=C(O)Cn1cc(CNC(=O)CN2CCc3ccccc32)nn1. The maximum atomic E-state index is 12.1. The third-order valence-corrected chi connectivity index (χ3v) is 3.67. The van der Waals surface area contributed by atoms with E-state index in [1.165, 1.54) is 16.4 Å². The van der Waals surface area contributed by atoms with Gasteiger partial charge in [0.15, 0.2) is 0 Å². The Morgan fingerprint density at radius 3 is 2.91 bits per heavy atom. The summed E-state index contributed by atoms with van der Waals surface area (Å²) in [5.41, 5.74) is 2.90. The number of amides is 1. The van der Waals surface area contributed by atoms with Crippen molar-refractivity contribution in [3.63, 3.8) is 0 Å². The zero-order valence-electron chi connectivity index (χ0n) is 12.5. The number of nitrogens with zero attached hydrogens (tertiary/aromatic N) is 4. The van der Waals surface area contributed by atoms with Gasteiger partial charge in [0.1, 0.15) is 12.2 Å². The van der Waals surface area contributed by atoms with Crippen molar-refractivity contribution in [2.75, 3.05) is 18.0 Å². The molecule has 0 saturated carbocycles. The first-order valence-electron chi connectivity index (χ1n) is 7.32. The van der Waals surface area contributed by atoms with Crippen LogP contribution in [-0.2, 0) is 29.1 Å². The number of benzene rings is 1. The highest BCUT2D eigenvalue weighted by molar-refractivity contribution is 5.82. The van der Waals surface area contributed by atoms with Crippen molar-refractivity contribution < 1.29 is 14.7 Å². The minimum Gasteiger partial charge on any atom is -0.480 e. The van der Waals surface area contributed by atoms with Crippen molar-refractivity contribution in [1.29, 1.82) is 0 Å². The van der Waals surface area contributed by atoms with Crippen LogP contribution in [0.4, 0.5) is 5.69 Å². The van der Waals surface area contributed by atoms with Crippen LogP contribution in [0, 0.1) is 0 Å². The minimum absolute atomic E-state index is 0.102. The van der Waals surface area contributed by atoms with Crippen molar-refractivity contribution >= 4 is 17.6 Å². The molecule has 1 amide bonds. The number of aromatic nitrogens is 3. The lowest BCUT2D eigenvalue weighted by atomic mass is 10.2. The fourth-order valence-corrected chi connectivity index (χ4v) is 2.62. The number of hydrogen-bond acceptors (Lipinski definition) is 5. The maximum absolute atomic E-state index is 12.1. The quantitative estimate of drug-likeness (QED) is 0.781. The van der Waals surface area contributed by atoms with Crippen LogP contribution in [0.3, 0.4) is 0 Å². The van der Waals surface area contributed by atoms with E-state index in [1.54, 1.807) is 0 Å². The molecule has 0 fully saturated rings. The van der Waals surface area contributed by atoms with Gasteiger partial charge in [-0.25, -0.2) is 4.68 Å². The second-order valence-corrected chi connectivity index (χ2v) is 5.38. The Hall–Kier alpha value is -2.90. The van der Waals surface area contributed by atoms with Gasteiger partial charge in [0.2, 0.25) is 5.91 Å². The van der Waals surface area contributed by atoms with E-state index in [-0.39, 0.29) is 19.0 Å². The van der Waals surface area contributed by atoms with Crippen LogP contribution in [0.5, 0.6) is 0 Å². The lowest BCUT2D eigenvalue weighted by Gasteiger charge is -2.18. The second kappa shape index (κ2) is 6.47. The molecule has 0 spiro atoms. The summed E-state index contributed by atoms with van der Waals surface area (Å²) < 4.78 is 1.22. The van der Waals surface area contributed by atoms with Crippen LogP contribution >= 0.6 is 0 Å². The summed E-state index contributed by atoms with van der Waals surface area (Å²) in [6.07, 6.45) is 2.46. The highest BCUT2D eigenvalue weighted by Crippen LogP contribution is 2.26. The van der Waals surface area contributed by atoms with Crippen molar-refractivity contribution in [2.45, 2.75) is 19.5 Å². The number of para-hydroxylation sites is 1. The highest BCUT2D eigenvalue weighted by atomic mass is 16.4. The van der Waals surface area contributed by atoms with Crippen LogP contribution in [0.1, 0.15) is 11.3 Å². The predicted molar refractivity (Wildman–Crippen MR) is 81.9 cm³/mol. The molecule has 0 aliphatic carbocycles. The van der Waals surface area contributed by atoms with E-state index in [0.29, 0.717) is 12.2 Å². The molecule has 0 atom stereocenters. The molecular weight excluding hydrogens is 298 g/mol. The predicted octanol–water partition coefficient (Wildman–Crippen LogP) is 0.0416. The minimum atomic E-state index is -0.988. The molecule has 2 heterocycles. The van der Waals surface area contributed by atoms with Crippen LogP contribution in [-0.4, -0.2) is 45.1 Å². The molecule has 2 aromatic rings. The van der Waals surface area contributed by atoms with Gasteiger partial charge in [-0.3, -0.25) is 9.59 Å². The lowest BCUT2D eigenvalue weighted by Crippen LogP contribution is -2.36. The second-order valence-electron chi connectivity index (χ2n) is 5.38. The van der Waals surface area contributed by atoms with E-state index >= 15 is 0 Å². The Kier molecular flexibility index (Phi) is 4.22. The molecule has 8 heteroatoms. The topological polar surface area (TPSA) is 100 Å². The number of fused-ring (bicyclic) bond motifs is 1. The standard InChI is InChI=1S/C15H17N5O3/c21-14(9-19-6-5-11-3-1-2-4-13(11)19)16-7-12-8-20(18-17-12)10-15(22)23/h1-4,8H,5-7,9-10H2,(H,16,21)(H,22,23). The van der Waals surface area contributed by atoms with E-state index in [9.17, 15) is 9.59 Å². The molecular formula is C15H17N5O3. The van der Waals surface area contributed by atoms with Gasteiger partial charge in [-0.2, -0.15) is 0 Å². The van der Waals surface area contributed by atoms with E-state index in [4.69, 9.17) is 5.11 Å². The molecule has 1 aromatic carbocycles. The first-order valence-corrected chi connectivity index (χ1v) is 7.32. The van der Waals surface area contributed by atoms with Gasteiger partial charge in [-0.1, -0.05) is 23.4 Å². The van der Waals surface area contributed by atoms with Crippen LogP contribution < -0.4 is 10.2 Å². The molecule has 1 aromatic heterocycles. The summed E-state index contributed by atoms with van der Waals surface area (Å²) in [6, 6.07) is 8.07. The number of carboxylic acid groups (broad SMARTS) is 1. The van der Waals surface area contributed by atoms with Gasteiger partial charge >= 0.3 is 5.97 Å². The third kappa shape index (κ3) is 3.65. The van der Waals surface area contributed by atoms with E-state index in [0.717, 1.165) is 18.7 Å². The number of nitrogens with one attached hydrogen (secondary N) is 1. The maximum Gasteiger partial charge on any atom is 0.325 e. The summed E-state index contributed by atoms with van der Waals surface area (Å²) in [5, 5.41) is 19.0. The molecule has 1 aliphatic rings. The molecule has 120 valence electrons. The van der Waals surface area contributed by atoms with Crippen LogP contribution in [0.2, 0.25) is 0 Å². The molecule has 3 rings (SSSR count). The molecule has 23 heavy (non-hydrogen) atoms. The summed E-state index contributed by atoms with van der Waals surface area (Å²) >= 11 is 0. The zero-order valence-corrected chi connectivity index (χ0v) is 12.5. The Labute approximate surface area is 132 Å². The number of carboxylic acids is 1. The van der Waals surface area contributed by atoms with Gasteiger partial charge in [0.05, 0.1) is 19.3 Å². The molecule has 0 radical (unpaired) electrons. The number of aliphatic carboxylic acids is 1. The molecule has 2 N–H and O–H groups in total. The Balaban J connectivity index is 1.51. The van der Waals surface area contributed by atoms with E-state index in [1.807, 2.05) is 23.1 Å². The van der Waals surface area contributed by atoms with Gasteiger partial charge in [0, 0.05) is 12.2 Å². The number of carbonyl (C=O) groups is 2. The number of carbonyl (C=O) groups excluding carboxylic acids is 1. The van der Waals surface area contributed by atoms with Gasteiger partial charge in [0.25, 0.3) is 0 Å². The lowest BCUT2D eigenvalue weighted by molar-refractivity contribution is -0.138. The Morgan fingerprint density at radius 2 is 2.09 bits per heavy atom. The van der Waals surface area contributed by atoms with Crippen LogP contribution in [0.25, 0.3) is 0 Å². The molecule has 0 saturated heterocycles. The number of hydrogen-bond donors (Lipinski definition) is 2. The third-order valence-electron chi connectivity index (χ3n) is 3.67.